The van der Waals surface area contributed by atoms with Gasteiger partial charge in [-0.15, -0.1) is 0 Å². The second kappa shape index (κ2) is 9.96. The van der Waals surface area contributed by atoms with Gasteiger partial charge in [0.1, 0.15) is 12.6 Å². The van der Waals surface area contributed by atoms with E-state index in [0.717, 1.165) is 32.8 Å². The molecule has 1 N–H and O–H groups in total. The Morgan fingerprint density at radius 2 is 1.55 bits per heavy atom. The van der Waals surface area contributed by atoms with Crippen LogP contribution >= 0.6 is 0 Å². The quantitative estimate of drug-likeness (QED) is 0.677. The molecule has 8 heteroatoms. The van der Waals surface area contributed by atoms with Crippen molar-refractivity contribution in [3.63, 3.8) is 0 Å². The molecule has 0 fully saturated rings. The predicted molar refractivity (Wildman–Crippen MR) is 123 cm³/mol. The minimum Gasteiger partial charge on any atom is -0.357 e. The molecule has 168 valence electrons. The average Bonchev–Trinajstić information content (AvgIpc) is 2.70. The maximum atomic E-state index is 13.4. The van der Waals surface area contributed by atoms with Crippen molar-refractivity contribution in [2.45, 2.75) is 40.3 Å². The minimum absolute atomic E-state index is 0.193. The summed E-state index contributed by atoms with van der Waals surface area (Å²) in [4.78, 5) is 27.1. The van der Waals surface area contributed by atoms with Crippen LogP contribution in [0.25, 0.3) is 0 Å². The van der Waals surface area contributed by atoms with E-state index in [1.807, 2.05) is 63.2 Å². The van der Waals surface area contributed by atoms with E-state index in [1.54, 1.807) is 6.92 Å². The highest BCUT2D eigenvalue weighted by atomic mass is 32.2. The first-order valence-corrected chi connectivity index (χ1v) is 11.9. The molecule has 0 saturated heterocycles. The fourth-order valence-corrected chi connectivity index (χ4v) is 4.42. The summed E-state index contributed by atoms with van der Waals surface area (Å²) in [5.41, 5.74) is 3.93. The average molecular weight is 446 g/mol. The third kappa shape index (κ3) is 6.07. The normalized spacial score (nSPS) is 12.2. The summed E-state index contributed by atoms with van der Waals surface area (Å²) in [7, 11) is -2.23. The van der Waals surface area contributed by atoms with Gasteiger partial charge in [-0.3, -0.25) is 13.9 Å². The standard InChI is InChI=1S/C23H31N3O4S/c1-16-10-12-20(13-11-16)14-25(19(4)23(28)24-5)21(27)15-26(31(6,29)30)22-17(2)8-7-9-18(22)3/h7-13,19H,14-15H2,1-6H3,(H,24,28). The highest BCUT2D eigenvalue weighted by Gasteiger charge is 2.30. The Morgan fingerprint density at radius 3 is 2.03 bits per heavy atom. The van der Waals surface area contributed by atoms with Gasteiger partial charge in [-0.2, -0.15) is 0 Å². The first-order valence-electron chi connectivity index (χ1n) is 10.1. The lowest BCUT2D eigenvalue weighted by Gasteiger charge is -2.32. The predicted octanol–water partition coefficient (Wildman–Crippen LogP) is 2.54. The van der Waals surface area contributed by atoms with Crippen LogP contribution in [-0.2, 0) is 26.2 Å². The number of rotatable bonds is 8. The Morgan fingerprint density at radius 1 is 1.00 bits per heavy atom. The smallest absolute Gasteiger partial charge is 0.244 e. The molecule has 0 heterocycles. The number of sulfonamides is 1. The SMILES string of the molecule is CNC(=O)C(C)N(Cc1ccc(C)cc1)C(=O)CN(c1c(C)cccc1C)S(C)(=O)=O. The third-order valence-corrected chi connectivity index (χ3v) is 6.37. The van der Waals surface area contributed by atoms with E-state index in [2.05, 4.69) is 5.32 Å². The van der Waals surface area contributed by atoms with Gasteiger partial charge in [-0.1, -0.05) is 48.0 Å². The molecule has 2 aromatic carbocycles. The summed E-state index contributed by atoms with van der Waals surface area (Å²) in [5, 5.41) is 2.56. The Kier molecular flexibility index (Phi) is 7.84. The summed E-state index contributed by atoms with van der Waals surface area (Å²) in [5.74, 6) is -0.775. The topological polar surface area (TPSA) is 86.8 Å². The number of hydrogen-bond acceptors (Lipinski definition) is 4. The van der Waals surface area contributed by atoms with Crippen LogP contribution in [0, 0.1) is 20.8 Å². The van der Waals surface area contributed by atoms with Crippen LogP contribution in [-0.4, -0.2) is 51.0 Å². The van der Waals surface area contributed by atoms with E-state index >= 15 is 0 Å². The van der Waals surface area contributed by atoms with Crippen LogP contribution in [0.2, 0.25) is 0 Å². The van der Waals surface area contributed by atoms with Crippen molar-refractivity contribution in [2.24, 2.45) is 0 Å². The number of benzene rings is 2. The van der Waals surface area contributed by atoms with Gasteiger partial charge >= 0.3 is 0 Å². The Labute approximate surface area is 185 Å². The van der Waals surface area contributed by atoms with Gasteiger partial charge < -0.3 is 10.2 Å². The summed E-state index contributed by atoms with van der Waals surface area (Å²) < 4.78 is 26.4. The van der Waals surface area contributed by atoms with Crippen molar-refractivity contribution in [3.8, 4) is 0 Å². The van der Waals surface area contributed by atoms with Gasteiger partial charge in [-0.05, 0) is 44.4 Å². The summed E-state index contributed by atoms with van der Waals surface area (Å²) in [6.45, 7) is 7.02. The molecule has 0 aromatic heterocycles. The van der Waals surface area contributed by atoms with Gasteiger partial charge in [0, 0.05) is 13.6 Å². The van der Waals surface area contributed by atoms with Gasteiger partial charge in [0.2, 0.25) is 21.8 Å². The van der Waals surface area contributed by atoms with Crippen molar-refractivity contribution >= 4 is 27.5 Å². The number of para-hydroxylation sites is 1. The molecule has 31 heavy (non-hydrogen) atoms. The molecule has 7 nitrogen and oxygen atoms in total. The molecule has 0 bridgehead atoms. The van der Waals surface area contributed by atoms with Crippen LogP contribution in [0.1, 0.15) is 29.2 Å². The largest absolute Gasteiger partial charge is 0.357 e. The number of anilines is 1. The maximum Gasteiger partial charge on any atom is 0.244 e. The molecule has 0 aliphatic rings. The molecule has 0 saturated carbocycles. The van der Waals surface area contributed by atoms with E-state index in [-0.39, 0.29) is 12.5 Å². The van der Waals surface area contributed by atoms with Crippen molar-refractivity contribution in [1.29, 1.82) is 0 Å². The molecule has 0 aliphatic heterocycles. The van der Waals surface area contributed by atoms with E-state index in [4.69, 9.17) is 0 Å². The zero-order valence-electron chi connectivity index (χ0n) is 19.0. The van der Waals surface area contributed by atoms with Crippen molar-refractivity contribution in [1.82, 2.24) is 10.2 Å². The first-order chi connectivity index (χ1) is 14.5. The number of amides is 2. The van der Waals surface area contributed by atoms with Crippen molar-refractivity contribution < 1.29 is 18.0 Å². The fraction of sp³-hybridized carbons (Fsp3) is 0.391. The van der Waals surface area contributed by atoms with Crippen LogP contribution < -0.4 is 9.62 Å². The molecule has 1 atom stereocenters. The minimum atomic E-state index is -3.74. The lowest BCUT2D eigenvalue weighted by atomic mass is 10.1. The number of carbonyl (C=O) groups excluding carboxylic acids is 2. The van der Waals surface area contributed by atoms with Crippen molar-refractivity contribution in [3.05, 3.63) is 64.7 Å². The first kappa shape index (κ1) is 24.4. The molecule has 0 spiro atoms. The summed E-state index contributed by atoms with van der Waals surface area (Å²) in [6.07, 6.45) is 1.08. The van der Waals surface area contributed by atoms with E-state index in [1.165, 1.54) is 11.9 Å². The number of nitrogens with one attached hydrogen (secondary N) is 1. The third-order valence-electron chi connectivity index (χ3n) is 5.26. The zero-order valence-corrected chi connectivity index (χ0v) is 19.8. The maximum absolute atomic E-state index is 13.4. The van der Waals surface area contributed by atoms with Gasteiger partial charge in [0.25, 0.3) is 0 Å². The van der Waals surface area contributed by atoms with Crippen LogP contribution in [0.3, 0.4) is 0 Å². The summed E-state index contributed by atoms with van der Waals surface area (Å²) >= 11 is 0. The number of likely N-dealkylation sites (N-methyl/N-ethyl adjacent to an activating group) is 1. The Hall–Kier alpha value is -2.87. The molecule has 1 unspecified atom stereocenters. The van der Waals surface area contributed by atoms with Crippen LogP contribution in [0.5, 0.6) is 0 Å². The lowest BCUT2D eigenvalue weighted by Crippen LogP contribution is -2.50. The number of nitrogens with zero attached hydrogens (tertiary/aromatic N) is 2. The number of aryl methyl sites for hydroxylation is 3. The highest BCUT2D eigenvalue weighted by Crippen LogP contribution is 2.27. The van der Waals surface area contributed by atoms with E-state index in [9.17, 15) is 18.0 Å². The fourth-order valence-electron chi connectivity index (χ4n) is 3.46. The van der Waals surface area contributed by atoms with Crippen molar-refractivity contribution in [2.75, 3.05) is 24.2 Å². The Balaban J connectivity index is 2.43. The molecular formula is C23H31N3O4S. The molecule has 2 aromatic rings. The molecule has 0 aliphatic carbocycles. The van der Waals surface area contributed by atoms with E-state index in [0.29, 0.717) is 5.69 Å². The van der Waals surface area contributed by atoms with Gasteiger partial charge in [-0.25, -0.2) is 8.42 Å². The van der Waals surface area contributed by atoms with Gasteiger partial charge in [0.15, 0.2) is 0 Å². The zero-order chi connectivity index (χ0) is 23.3. The monoisotopic (exact) mass is 445 g/mol. The van der Waals surface area contributed by atoms with Crippen LogP contribution in [0.15, 0.2) is 42.5 Å². The van der Waals surface area contributed by atoms with Gasteiger partial charge in [0.05, 0.1) is 11.9 Å². The Bertz CT molecular complexity index is 1030. The molecule has 0 radical (unpaired) electrons. The summed E-state index contributed by atoms with van der Waals surface area (Å²) in [6, 6.07) is 12.3. The van der Waals surface area contributed by atoms with E-state index < -0.39 is 28.5 Å². The lowest BCUT2D eigenvalue weighted by molar-refractivity contribution is -0.139. The second-order valence-corrected chi connectivity index (χ2v) is 9.71. The van der Waals surface area contributed by atoms with Crippen LogP contribution in [0.4, 0.5) is 5.69 Å². The number of carbonyl (C=O) groups is 2. The highest BCUT2D eigenvalue weighted by molar-refractivity contribution is 7.92. The number of hydrogen-bond donors (Lipinski definition) is 1. The second-order valence-electron chi connectivity index (χ2n) is 7.81. The molecular weight excluding hydrogens is 414 g/mol. The molecule has 2 amide bonds. The molecule has 2 rings (SSSR count).